The van der Waals surface area contributed by atoms with E-state index in [1.165, 1.54) is 5.56 Å². The number of hydrogen-bond donors (Lipinski definition) is 2. The number of aliphatic imine (C=N–C) groups is 1. The highest BCUT2D eigenvalue weighted by Gasteiger charge is 2.11. The number of hydrogen-bond acceptors (Lipinski definition) is 4. The molecule has 2 N–H and O–H groups in total. The van der Waals surface area contributed by atoms with Gasteiger partial charge in [0.15, 0.2) is 0 Å². The van der Waals surface area contributed by atoms with Crippen LogP contribution in [0.1, 0.15) is 47.8 Å². The number of ether oxygens (including phenoxy) is 1. The van der Waals surface area contributed by atoms with E-state index in [-0.39, 0.29) is 5.91 Å². The summed E-state index contributed by atoms with van der Waals surface area (Å²) in [7, 11) is 1.57. The molecule has 0 saturated heterocycles. The monoisotopic (exact) mass is 416 g/mol. The van der Waals surface area contributed by atoms with Gasteiger partial charge in [0, 0.05) is 17.4 Å². The maximum atomic E-state index is 12.8. The van der Waals surface area contributed by atoms with Gasteiger partial charge in [0.1, 0.15) is 5.75 Å². The van der Waals surface area contributed by atoms with Gasteiger partial charge in [-0.05, 0) is 60.4 Å². The van der Waals surface area contributed by atoms with Crippen molar-refractivity contribution in [3.63, 3.8) is 0 Å². The van der Waals surface area contributed by atoms with Crippen LogP contribution >= 0.6 is 0 Å². The third kappa shape index (κ3) is 6.40. The van der Waals surface area contributed by atoms with E-state index in [4.69, 9.17) is 4.74 Å². The number of pyridine rings is 1. The van der Waals surface area contributed by atoms with Crippen molar-refractivity contribution in [3.05, 3.63) is 89.7 Å². The van der Waals surface area contributed by atoms with Crippen LogP contribution in [0.25, 0.3) is 0 Å². The van der Waals surface area contributed by atoms with Crippen molar-refractivity contribution >= 4 is 17.6 Å². The summed E-state index contributed by atoms with van der Waals surface area (Å²) in [5.41, 5.74) is 3.42. The predicted molar refractivity (Wildman–Crippen MR) is 125 cm³/mol. The Morgan fingerprint density at radius 3 is 2.58 bits per heavy atom. The smallest absolute Gasteiger partial charge is 0.258 e. The molecule has 0 spiro atoms. The third-order valence-electron chi connectivity index (χ3n) is 5.04. The molecular formula is C25H28N4O2. The molecule has 1 aromatic heterocycles. The number of benzene rings is 2. The summed E-state index contributed by atoms with van der Waals surface area (Å²) in [6, 6.07) is 20.8. The molecule has 0 radical (unpaired) electrons. The molecule has 2 aromatic carbocycles. The largest absolute Gasteiger partial charge is 0.497 e. The van der Waals surface area contributed by atoms with Crippen molar-refractivity contribution in [3.8, 4) is 5.75 Å². The molecule has 1 heterocycles. The second-order valence-electron chi connectivity index (χ2n) is 7.23. The van der Waals surface area contributed by atoms with Gasteiger partial charge in [0.25, 0.3) is 5.91 Å². The molecule has 6 heteroatoms. The van der Waals surface area contributed by atoms with E-state index in [1.807, 2.05) is 30.3 Å². The number of carbonyl (C=O) groups is 1. The van der Waals surface area contributed by atoms with Gasteiger partial charge in [-0.1, -0.05) is 38.1 Å². The molecule has 0 bridgehead atoms. The van der Waals surface area contributed by atoms with Crippen molar-refractivity contribution in [1.82, 2.24) is 10.3 Å². The quantitative estimate of drug-likeness (QED) is 0.420. The van der Waals surface area contributed by atoms with Crippen molar-refractivity contribution in [1.29, 1.82) is 0 Å². The maximum Gasteiger partial charge on any atom is 0.258 e. The standard InChI is InChI=1S/C25H28N4O2/c1-4-18(2)19-11-13-21(14-12-19)28-25(27-17-22-9-5-6-15-26-22)29-24(30)20-8-7-10-23(16-20)31-3/h5-16,18H,4,17H2,1-3H3,(H2,27,28,29,30). The number of methoxy groups -OCH3 is 1. The Balaban J connectivity index is 1.79. The molecule has 0 aliphatic heterocycles. The number of nitrogens with zero attached hydrogens (tertiary/aromatic N) is 2. The zero-order chi connectivity index (χ0) is 22.1. The van der Waals surface area contributed by atoms with Crippen LogP contribution in [0.15, 0.2) is 77.9 Å². The molecule has 3 rings (SSSR count). The average molecular weight is 417 g/mol. The van der Waals surface area contributed by atoms with Crippen LogP contribution in [-0.4, -0.2) is 24.0 Å². The second-order valence-corrected chi connectivity index (χ2v) is 7.23. The molecule has 0 aliphatic rings. The second kappa shape index (κ2) is 10.9. The lowest BCUT2D eigenvalue weighted by Crippen LogP contribution is -2.36. The first-order chi connectivity index (χ1) is 15.1. The first-order valence-electron chi connectivity index (χ1n) is 10.4. The Kier molecular flexibility index (Phi) is 7.76. The lowest BCUT2D eigenvalue weighted by molar-refractivity contribution is 0.0976. The number of rotatable bonds is 7. The fourth-order valence-electron chi connectivity index (χ4n) is 2.97. The van der Waals surface area contributed by atoms with Crippen LogP contribution in [0.2, 0.25) is 0 Å². The summed E-state index contributed by atoms with van der Waals surface area (Å²) in [6.45, 7) is 4.72. The van der Waals surface area contributed by atoms with Gasteiger partial charge in [0.05, 0.1) is 19.3 Å². The van der Waals surface area contributed by atoms with E-state index in [0.717, 1.165) is 17.8 Å². The fourth-order valence-corrected chi connectivity index (χ4v) is 2.97. The number of carbonyl (C=O) groups excluding carboxylic acids is 1. The highest BCUT2D eigenvalue weighted by molar-refractivity contribution is 6.10. The minimum atomic E-state index is -0.276. The summed E-state index contributed by atoms with van der Waals surface area (Å²) < 4.78 is 5.22. The minimum absolute atomic E-state index is 0.276. The normalized spacial score (nSPS) is 12.2. The summed E-state index contributed by atoms with van der Waals surface area (Å²) in [4.78, 5) is 21.6. The van der Waals surface area contributed by atoms with Gasteiger partial charge in [-0.3, -0.25) is 15.1 Å². The van der Waals surface area contributed by atoms with E-state index >= 15 is 0 Å². The Labute approximate surface area is 183 Å². The minimum Gasteiger partial charge on any atom is -0.497 e. The molecule has 1 amide bonds. The predicted octanol–water partition coefficient (Wildman–Crippen LogP) is 5.00. The number of nitrogens with one attached hydrogen (secondary N) is 2. The number of guanidine groups is 1. The summed E-state index contributed by atoms with van der Waals surface area (Å²) in [5.74, 6) is 1.20. The van der Waals surface area contributed by atoms with E-state index < -0.39 is 0 Å². The van der Waals surface area contributed by atoms with Crippen molar-refractivity contribution in [2.24, 2.45) is 4.99 Å². The van der Waals surface area contributed by atoms with Gasteiger partial charge in [0.2, 0.25) is 5.96 Å². The van der Waals surface area contributed by atoms with Gasteiger partial charge >= 0.3 is 0 Å². The number of amides is 1. The first kappa shape index (κ1) is 22.0. The van der Waals surface area contributed by atoms with E-state index in [0.29, 0.717) is 29.7 Å². The molecule has 1 atom stereocenters. The fraction of sp³-hybridized carbons (Fsp3) is 0.240. The summed E-state index contributed by atoms with van der Waals surface area (Å²) in [5, 5.41) is 6.09. The summed E-state index contributed by atoms with van der Waals surface area (Å²) in [6.07, 6.45) is 2.81. The van der Waals surface area contributed by atoms with Crippen molar-refractivity contribution < 1.29 is 9.53 Å². The van der Waals surface area contributed by atoms with Gasteiger partial charge in [-0.15, -0.1) is 0 Å². The van der Waals surface area contributed by atoms with Crippen LogP contribution in [0.3, 0.4) is 0 Å². The van der Waals surface area contributed by atoms with Crippen LogP contribution in [0.5, 0.6) is 5.75 Å². The maximum absolute atomic E-state index is 12.8. The van der Waals surface area contributed by atoms with Crippen molar-refractivity contribution in [2.75, 3.05) is 12.4 Å². The van der Waals surface area contributed by atoms with E-state index in [9.17, 15) is 4.79 Å². The molecule has 0 fully saturated rings. The van der Waals surface area contributed by atoms with Crippen LogP contribution in [0.4, 0.5) is 5.69 Å². The zero-order valence-electron chi connectivity index (χ0n) is 18.1. The topological polar surface area (TPSA) is 75.6 Å². The SMILES string of the molecule is CCC(C)c1ccc(NC(=NCc2ccccn2)NC(=O)c2cccc(OC)c2)cc1. The zero-order valence-corrected chi connectivity index (χ0v) is 18.1. The Bertz CT molecular complexity index is 1020. The molecule has 0 aliphatic carbocycles. The molecular weight excluding hydrogens is 388 g/mol. The Hall–Kier alpha value is -3.67. The summed E-state index contributed by atoms with van der Waals surface area (Å²) >= 11 is 0. The van der Waals surface area contributed by atoms with Crippen LogP contribution in [0, 0.1) is 0 Å². The third-order valence-corrected chi connectivity index (χ3v) is 5.04. The average Bonchev–Trinajstić information content (AvgIpc) is 2.83. The van der Waals surface area contributed by atoms with E-state index in [2.05, 4.69) is 46.6 Å². The first-order valence-corrected chi connectivity index (χ1v) is 10.4. The van der Waals surface area contributed by atoms with E-state index in [1.54, 1.807) is 37.6 Å². The Morgan fingerprint density at radius 2 is 1.90 bits per heavy atom. The Morgan fingerprint density at radius 1 is 1.10 bits per heavy atom. The molecule has 160 valence electrons. The lowest BCUT2D eigenvalue weighted by atomic mass is 9.99. The number of aromatic nitrogens is 1. The highest BCUT2D eigenvalue weighted by Crippen LogP contribution is 2.20. The van der Waals surface area contributed by atoms with Gasteiger partial charge in [-0.25, -0.2) is 4.99 Å². The van der Waals surface area contributed by atoms with Crippen molar-refractivity contribution in [2.45, 2.75) is 32.7 Å². The molecule has 1 unspecified atom stereocenters. The highest BCUT2D eigenvalue weighted by atomic mass is 16.5. The molecule has 31 heavy (non-hydrogen) atoms. The number of anilines is 1. The van der Waals surface area contributed by atoms with Gasteiger partial charge in [-0.2, -0.15) is 0 Å². The lowest BCUT2D eigenvalue weighted by Gasteiger charge is -2.14. The van der Waals surface area contributed by atoms with Crippen LogP contribution < -0.4 is 15.4 Å². The van der Waals surface area contributed by atoms with Crippen LogP contribution in [-0.2, 0) is 6.54 Å². The van der Waals surface area contributed by atoms with Gasteiger partial charge < -0.3 is 10.1 Å². The molecule has 6 nitrogen and oxygen atoms in total. The molecule has 0 saturated carbocycles. The molecule has 3 aromatic rings.